The molecule has 176 valence electrons. The van der Waals surface area contributed by atoms with Crippen LogP contribution < -0.4 is 14.8 Å². The van der Waals surface area contributed by atoms with Crippen LogP contribution in [0.4, 0.5) is 0 Å². The van der Waals surface area contributed by atoms with E-state index in [0.29, 0.717) is 11.1 Å². The molecule has 5 nitrogen and oxygen atoms in total. The maximum absolute atomic E-state index is 13.9. The molecule has 3 aromatic carbocycles. The number of hydrogen-bond acceptors (Lipinski definition) is 5. The molecule has 0 bridgehead atoms. The fraction of sp³-hybridized carbons (Fsp3) is 0.286. The van der Waals surface area contributed by atoms with Crippen LogP contribution in [0.2, 0.25) is 0 Å². The summed E-state index contributed by atoms with van der Waals surface area (Å²) < 4.78 is 23.3. The van der Waals surface area contributed by atoms with Gasteiger partial charge >= 0.3 is 0 Å². The van der Waals surface area contributed by atoms with E-state index >= 15 is 0 Å². The Labute approximate surface area is 202 Å². The molecule has 0 amide bonds. The molecule has 0 aliphatic rings. The van der Waals surface area contributed by atoms with E-state index in [2.05, 4.69) is 0 Å². The number of rotatable bonds is 7. The van der Waals surface area contributed by atoms with Gasteiger partial charge in [-0.25, -0.2) is 0 Å². The van der Waals surface area contributed by atoms with Crippen LogP contribution in [0.5, 0.6) is 11.5 Å². The number of aryl methyl sites for hydroxylation is 6. The van der Waals surface area contributed by atoms with Gasteiger partial charge in [0, 0.05) is 11.1 Å². The highest BCUT2D eigenvalue weighted by Gasteiger charge is 2.31. The van der Waals surface area contributed by atoms with E-state index in [0.717, 1.165) is 33.4 Å². The molecule has 34 heavy (non-hydrogen) atoms. The number of methoxy groups -OCH3 is 2. The predicted octanol–water partition coefficient (Wildman–Crippen LogP) is 5.93. The van der Waals surface area contributed by atoms with Crippen LogP contribution in [0.3, 0.4) is 0 Å². The minimum Gasteiger partial charge on any atom is -0.495 e. The van der Waals surface area contributed by atoms with Crippen LogP contribution in [0, 0.1) is 41.5 Å². The van der Waals surface area contributed by atoms with Crippen LogP contribution in [-0.4, -0.2) is 25.8 Å². The van der Waals surface area contributed by atoms with Gasteiger partial charge in [-0.1, -0.05) is 35.4 Å². The molecule has 0 aromatic heterocycles. The summed E-state index contributed by atoms with van der Waals surface area (Å²) in [4.78, 5) is 27.7. The molecule has 6 heteroatoms. The van der Waals surface area contributed by atoms with Gasteiger partial charge in [0.1, 0.15) is 17.1 Å². The number of carbonyl (C=O) groups is 2. The lowest BCUT2D eigenvalue weighted by molar-refractivity contribution is 0.103. The Morgan fingerprint density at radius 1 is 0.618 bits per heavy atom. The Kier molecular flexibility index (Phi) is 7.38. The monoisotopic (exact) mass is 476 g/mol. The standard InChI is InChI=1S/C28H29O5P/c1-14-9-16(3)22(17(4)10-14)25(29)20-13-21(34-31)28(33-8)24(27(20)32-7)26(30)23-18(5)11-15(2)12-19(23)6/h9-13H,1-8H3. The van der Waals surface area contributed by atoms with Crippen molar-refractivity contribution in [3.8, 4) is 11.5 Å². The molecule has 0 spiro atoms. The first-order valence-electron chi connectivity index (χ1n) is 10.9. The topological polar surface area (TPSA) is 69.7 Å². The molecular weight excluding hydrogens is 447 g/mol. The quantitative estimate of drug-likeness (QED) is 0.312. The van der Waals surface area contributed by atoms with Gasteiger partial charge in [-0.05, 0) is 69.9 Å². The summed E-state index contributed by atoms with van der Waals surface area (Å²) in [7, 11) is 2.45. The van der Waals surface area contributed by atoms with Crippen LogP contribution >= 0.6 is 8.46 Å². The van der Waals surface area contributed by atoms with E-state index in [1.807, 2.05) is 65.8 Å². The second-order valence-corrected chi connectivity index (χ2v) is 9.35. The van der Waals surface area contributed by atoms with Crippen LogP contribution in [0.25, 0.3) is 0 Å². The zero-order chi connectivity index (χ0) is 25.3. The van der Waals surface area contributed by atoms with Gasteiger partial charge in [-0.15, -0.1) is 0 Å². The smallest absolute Gasteiger partial charge is 0.201 e. The molecule has 3 rings (SSSR count). The summed E-state index contributed by atoms with van der Waals surface area (Å²) in [6.07, 6.45) is 0. The first kappa shape index (κ1) is 25.3. The van der Waals surface area contributed by atoms with Crippen LogP contribution in [0.1, 0.15) is 65.2 Å². The van der Waals surface area contributed by atoms with Gasteiger partial charge in [-0.2, -0.15) is 0 Å². The summed E-state index contributed by atoms with van der Waals surface area (Å²) in [6, 6.07) is 9.22. The maximum Gasteiger partial charge on any atom is 0.201 e. The van der Waals surface area contributed by atoms with Crippen molar-refractivity contribution in [2.24, 2.45) is 0 Å². The molecule has 0 saturated heterocycles. The van der Waals surface area contributed by atoms with E-state index in [1.165, 1.54) is 20.3 Å². The molecule has 0 aliphatic heterocycles. The van der Waals surface area contributed by atoms with Crippen LogP contribution in [-0.2, 0) is 4.57 Å². The number of ether oxygens (including phenoxy) is 2. The molecule has 0 saturated carbocycles. The lowest BCUT2D eigenvalue weighted by Gasteiger charge is -2.20. The molecule has 0 heterocycles. The van der Waals surface area contributed by atoms with Crippen molar-refractivity contribution in [2.75, 3.05) is 14.2 Å². The molecule has 0 fully saturated rings. The molecule has 3 aromatic rings. The van der Waals surface area contributed by atoms with Gasteiger partial charge < -0.3 is 9.47 Å². The number of ketones is 2. The number of carbonyl (C=O) groups excluding carboxylic acids is 2. The van der Waals surface area contributed by atoms with Crippen molar-refractivity contribution in [3.63, 3.8) is 0 Å². The molecular formula is C28H29O5P. The van der Waals surface area contributed by atoms with E-state index in [-0.39, 0.29) is 48.0 Å². The molecule has 0 radical (unpaired) electrons. The fourth-order valence-electron chi connectivity index (χ4n) is 4.83. The Bertz CT molecular complexity index is 1290. The number of benzene rings is 3. The third kappa shape index (κ3) is 4.41. The van der Waals surface area contributed by atoms with Gasteiger partial charge in [0.2, 0.25) is 5.78 Å². The molecule has 0 aliphatic carbocycles. The van der Waals surface area contributed by atoms with Crippen molar-refractivity contribution >= 4 is 25.3 Å². The third-order valence-corrected chi connectivity index (χ3v) is 6.53. The summed E-state index contributed by atoms with van der Waals surface area (Å²) in [5, 5.41) is 0.208. The Hall–Kier alpha value is -3.30. The van der Waals surface area contributed by atoms with Crippen molar-refractivity contribution in [2.45, 2.75) is 41.5 Å². The summed E-state index contributed by atoms with van der Waals surface area (Å²) >= 11 is 0. The zero-order valence-corrected chi connectivity index (χ0v) is 21.8. The molecule has 0 atom stereocenters. The first-order valence-corrected chi connectivity index (χ1v) is 11.7. The Balaban J connectivity index is 2.38. The number of hydrogen-bond donors (Lipinski definition) is 0. The van der Waals surface area contributed by atoms with Gasteiger partial charge in [0.25, 0.3) is 0 Å². The highest BCUT2D eigenvalue weighted by molar-refractivity contribution is 7.34. The SMILES string of the molecule is COc1c(P=O)cc(C(=O)c2c(C)cc(C)cc2C)c(OC)c1C(=O)c1c(C)cc(C)cc1C. The Morgan fingerprint density at radius 3 is 1.41 bits per heavy atom. The van der Waals surface area contributed by atoms with E-state index in [4.69, 9.17) is 9.47 Å². The largest absolute Gasteiger partial charge is 0.495 e. The predicted molar refractivity (Wildman–Crippen MR) is 135 cm³/mol. The zero-order valence-electron chi connectivity index (χ0n) is 20.9. The van der Waals surface area contributed by atoms with E-state index in [1.54, 1.807) is 0 Å². The highest BCUT2D eigenvalue weighted by Crippen LogP contribution is 2.37. The fourth-order valence-corrected chi connectivity index (χ4v) is 5.30. The van der Waals surface area contributed by atoms with Gasteiger partial charge in [-0.3, -0.25) is 14.2 Å². The van der Waals surface area contributed by atoms with Crippen molar-refractivity contribution in [1.82, 2.24) is 0 Å². The second-order valence-electron chi connectivity index (χ2n) is 8.68. The lowest BCUT2D eigenvalue weighted by Crippen LogP contribution is -2.18. The maximum atomic E-state index is 13.9. The van der Waals surface area contributed by atoms with Gasteiger partial charge in [0.15, 0.2) is 14.2 Å². The molecule has 0 N–H and O–H groups in total. The average molecular weight is 477 g/mol. The van der Waals surface area contributed by atoms with E-state index < -0.39 is 0 Å². The van der Waals surface area contributed by atoms with E-state index in [9.17, 15) is 14.2 Å². The molecule has 0 unspecified atom stereocenters. The highest BCUT2D eigenvalue weighted by atomic mass is 31.1. The minimum atomic E-state index is -0.372. The van der Waals surface area contributed by atoms with Crippen LogP contribution in [0.15, 0.2) is 30.3 Å². The first-order chi connectivity index (χ1) is 16.0. The van der Waals surface area contributed by atoms with Crippen molar-refractivity contribution in [3.05, 3.63) is 86.0 Å². The summed E-state index contributed by atoms with van der Waals surface area (Å²) in [6.45, 7) is 11.4. The second kappa shape index (κ2) is 9.90. The minimum absolute atomic E-state index is 0.0895. The summed E-state index contributed by atoms with van der Waals surface area (Å²) in [5.41, 5.74) is 6.62. The lowest BCUT2D eigenvalue weighted by atomic mass is 9.88. The third-order valence-electron chi connectivity index (χ3n) is 6.00. The Morgan fingerprint density at radius 2 is 1.03 bits per heavy atom. The van der Waals surface area contributed by atoms with Crippen molar-refractivity contribution in [1.29, 1.82) is 0 Å². The van der Waals surface area contributed by atoms with Gasteiger partial charge in [0.05, 0.1) is 25.1 Å². The average Bonchev–Trinajstić information content (AvgIpc) is 2.75. The van der Waals surface area contributed by atoms with Crippen molar-refractivity contribution < 1.29 is 23.6 Å². The summed E-state index contributed by atoms with van der Waals surface area (Å²) in [5.74, 6) is -0.406. The normalized spacial score (nSPS) is 10.9.